The Balaban J connectivity index is 0.000000300. The normalized spacial score (nSPS) is 22.1. The van der Waals surface area contributed by atoms with Gasteiger partial charge in [-0.1, -0.05) is 25.7 Å². The maximum Gasteiger partial charge on any atom is 0.240 e. The second kappa shape index (κ2) is 12.2. The molecule has 2 saturated heterocycles. The van der Waals surface area contributed by atoms with Crippen LogP contribution in [-0.4, -0.2) is 58.6 Å². The Hall–Kier alpha value is -2.52. The summed E-state index contributed by atoms with van der Waals surface area (Å²) >= 11 is 3.00. The number of nitrogens with zero attached hydrogens (tertiary/aromatic N) is 2. The largest absolute Gasteiger partial charge is 0.368 e. The number of amides is 4. The standard InChI is InChI=1S/C11H16N2O2.C10H13BrN2O2/c1-3-5-8-6-10(14)13(7-8)9(4-2)11(12)15;1-2-8(10(12)15)13-6-7(3-4-11)5-9(13)14/h8-9H,4,6-7H2,1-2H3,(H2,12,15);7-8H,2,5-6H2,1H3,(H2,12,15)/t8?,9-;7?,8-/m00/s1. The van der Waals surface area contributed by atoms with Crippen LogP contribution < -0.4 is 11.5 Å². The topological polar surface area (TPSA) is 127 Å². The molecule has 9 heteroatoms. The molecule has 0 aliphatic carbocycles. The fourth-order valence-corrected chi connectivity index (χ4v) is 4.01. The summed E-state index contributed by atoms with van der Waals surface area (Å²) in [5.74, 6) is 7.74. The van der Waals surface area contributed by atoms with Crippen LogP contribution in [0.5, 0.6) is 0 Å². The maximum absolute atomic E-state index is 11.6. The molecule has 0 aromatic carbocycles. The van der Waals surface area contributed by atoms with E-state index in [1.165, 1.54) is 4.90 Å². The van der Waals surface area contributed by atoms with Crippen LogP contribution in [0.2, 0.25) is 0 Å². The first-order valence-electron chi connectivity index (χ1n) is 9.90. The van der Waals surface area contributed by atoms with Crippen LogP contribution in [0.25, 0.3) is 0 Å². The molecule has 8 nitrogen and oxygen atoms in total. The third-order valence-corrected chi connectivity index (χ3v) is 5.34. The fraction of sp³-hybridized carbons (Fsp3) is 0.619. The van der Waals surface area contributed by atoms with Crippen LogP contribution in [0.15, 0.2) is 0 Å². The molecule has 4 amide bonds. The summed E-state index contributed by atoms with van der Waals surface area (Å²) in [5, 5.41) is 0. The Morgan fingerprint density at radius 2 is 1.37 bits per heavy atom. The molecule has 2 unspecified atom stereocenters. The number of carbonyl (C=O) groups excluding carboxylic acids is 4. The van der Waals surface area contributed by atoms with Crippen molar-refractivity contribution in [3.05, 3.63) is 0 Å². The average molecular weight is 481 g/mol. The van der Waals surface area contributed by atoms with E-state index in [9.17, 15) is 19.2 Å². The highest BCUT2D eigenvalue weighted by atomic mass is 79.9. The van der Waals surface area contributed by atoms with Gasteiger partial charge in [0.2, 0.25) is 23.6 Å². The van der Waals surface area contributed by atoms with Crippen molar-refractivity contribution < 1.29 is 19.2 Å². The van der Waals surface area contributed by atoms with E-state index in [-0.39, 0.29) is 23.7 Å². The van der Waals surface area contributed by atoms with E-state index in [4.69, 9.17) is 11.5 Å². The van der Waals surface area contributed by atoms with Crippen molar-refractivity contribution in [3.8, 4) is 22.6 Å². The summed E-state index contributed by atoms with van der Waals surface area (Å²) in [6.07, 6.45) is 1.90. The Kier molecular flexibility index (Phi) is 10.4. The van der Waals surface area contributed by atoms with E-state index in [1.807, 2.05) is 13.8 Å². The zero-order valence-corrected chi connectivity index (χ0v) is 19.2. The minimum absolute atomic E-state index is 0.00488. The molecule has 164 valence electrons. The van der Waals surface area contributed by atoms with E-state index in [1.54, 1.807) is 11.8 Å². The minimum atomic E-state index is -0.486. The summed E-state index contributed by atoms with van der Waals surface area (Å²) in [4.78, 5) is 51.1. The summed E-state index contributed by atoms with van der Waals surface area (Å²) < 4.78 is 0. The zero-order valence-electron chi connectivity index (χ0n) is 17.6. The summed E-state index contributed by atoms with van der Waals surface area (Å²) in [6.45, 7) is 6.46. The second-order valence-corrected chi connectivity index (χ2v) is 7.58. The van der Waals surface area contributed by atoms with Crippen LogP contribution in [0, 0.1) is 34.4 Å². The molecule has 2 heterocycles. The van der Waals surface area contributed by atoms with Gasteiger partial charge in [0.1, 0.15) is 12.1 Å². The lowest BCUT2D eigenvalue weighted by molar-refractivity contribution is -0.136. The fourth-order valence-electron chi connectivity index (χ4n) is 3.69. The number of primary amides is 2. The lowest BCUT2D eigenvalue weighted by Crippen LogP contribution is -2.45. The molecule has 2 aliphatic heterocycles. The summed E-state index contributed by atoms with van der Waals surface area (Å²) in [6, 6.07) is -0.958. The lowest BCUT2D eigenvalue weighted by atomic mass is 10.1. The number of hydrogen-bond donors (Lipinski definition) is 2. The molecule has 2 fully saturated rings. The van der Waals surface area contributed by atoms with Gasteiger partial charge in [-0.3, -0.25) is 19.2 Å². The van der Waals surface area contributed by atoms with Gasteiger partial charge in [-0.15, -0.1) is 5.92 Å². The number of likely N-dealkylation sites (tertiary alicyclic amines) is 2. The molecular weight excluding hydrogens is 452 g/mol. The van der Waals surface area contributed by atoms with E-state index < -0.39 is 23.9 Å². The second-order valence-electron chi connectivity index (χ2n) is 7.18. The number of nitrogens with two attached hydrogens (primary N) is 2. The van der Waals surface area contributed by atoms with Crippen LogP contribution in [-0.2, 0) is 19.2 Å². The summed E-state index contributed by atoms with van der Waals surface area (Å²) in [5.41, 5.74) is 10.5. The van der Waals surface area contributed by atoms with Crippen molar-refractivity contribution >= 4 is 39.6 Å². The predicted molar refractivity (Wildman–Crippen MR) is 116 cm³/mol. The zero-order chi connectivity index (χ0) is 22.8. The molecular formula is C21H29BrN4O4. The predicted octanol–water partition coefficient (Wildman–Crippen LogP) is 0.577. The molecule has 30 heavy (non-hydrogen) atoms. The molecule has 0 aromatic heterocycles. The lowest BCUT2D eigenvalue weighted by Gasteiger charge is -2.23. The molecule has 0 bridgehead atoms. The molecule has 4 N–H and O–H groups in total. The third kappa shape index (κ3) is 6.77. The number of rotatable bonds is 6. The van der Waals surface area contributed by atoms with Crippen molar-refractivity contribution in [1.29, 1.82) is 0 Å². The molecule has 0 aromatic rings. The monoisotopic (exact) mass is 480 g/mol. The molecule has 0 saturated carbocycles. The molecule has 4 atom stereocenters. The Morgan fingerprint density at radius 3 is 1.67 bits per heavy atom. The van der Waals surface area contributed by atoms with Crippen molar-refractivity contribution in [2.24, 2.45) is 23.3 Å². The average Bonchev–Trinajstić information content (AvgIpc) is 3.20. The number of carbonyl (C=O) groups is 4. The first kappa shape index (κ1) is 25.5. The van der Waals surface area contributed by atoms with Crippen LogP contribution in [0.1, 0.15) is 46.5 Å². The van der Waals surface area contributed by atoms with Gasteiger partial charge in [-0.25, -0.2) is 0 Å². The van der Waals surface area contributed by atoms with Crippen LogP contribution in [0.4, 0.5) is 0 Å². The van der Waals surface area contributed by atoms with Crippen LogP contribution in [0.3, 0.4) is 0 Å². The van der Waals surface area contributed by atoms with E-state index in [0.717, 1.165) is 0 Å². The van der Waals surface area contributed by atoms with Crippen molar-refractivity contribution in [1.82, 2.24) is 9.80 Å². The van der Waals surface area contributed by atoms with Gasteiger partial charge in [-0.05, 0) is 24.6 Å². The quantitative estimate of drug-likeness (QED) is 0.538. The highest BCUT2D eigenvalue weighted by molar-refractivity contribution is 9.12. The van der Waals surface area contributed by atoms with Gasteiger partial charge < -0.3 is 21.3 Å². The molecule has 2 aliphatic rings. The minimum Gasteiger partial charge on any atom is -0.368 e. The van der Waals surface area contributed by atoms with E-state index >= 15 is 0 Å². The molecule has 0 radical (unpaired) electrons. The first-order chi connectivity index (χ1) is 14.2. The van der Waals surface area contributed by atoms with Gasteiger partial charge >= 0.3 is 0 Å². The smallest absolute Gasteiger partial charge is 0.240 e. The third-order valence-electron chi connectivity index (χ3n) is 5.11. The number of hydrogen-bond acceptors (Lipinski definition) is 4. The van der Waals surface area contributed by atoms with Gasteiger partial charge in [0.15, 0.2) is 0 Å². The maximum atomic E-state index is 11.6. The van der Waals surface area contributed by atoms with Crippen molar-refractivity contribution in [2.75, 3.05) is 13.1 Å². The van der Waals surface area contributed by atoms with Gasteiger partial charge in [0.25, 0.3) is 0 Å². The van der Waals surface area contributed by atoms with Gasteiger partial charge in [0.05, 0.1) is 0 Å². The molecule has 0 spiro atoms. The van der Waals surface area contributed by atoms with Gasteiger partial charge in [-0.2, -0.15) is 0 Å². The highest BCUT2D eigenvalue weighted by Gasteiger charge is 2.36. The van der Waals surface area contributed by atoms with Crippen molar-refractivity contribution in [2.45, 2.75) is 58.5 Å². The molecule has 2 rings (SSSR count). The first-order valence-corrected chi connectivity index (χ1v) is 10.7. The SMILES string of the molecule is CC#CC1CC(=O)N([C@@H](CC)C(N)=O)C1.CC[C@@H](C(N)=O)N1CC(C#CBr)CC1=O. The van der Waals surface area contributed by atoms with Gasteiger partial charge in [0, 0.05) is 53.7 Å². The Morgan fingerprint density at radius 1 is 0.967 bits per heavy atom. The summed E-state index contributed by atoms with van der Waals surface area (Å²) in [7, 11) is 0. The van der Waals surface area contributed by atoms with Crippen molar-refractivity contribution in [3.63, 3.8) is 0 Å². The Labute approximate surface area is 186 Å². The van der Waals surface area contributed by atoms with E-state index in [2.05, 4.69) is 38.5 Å². The Bertz CT molecular complexity index is 726. The van der Waals surface area contributed by atoms with Crippen LogP contribution >= 0.6 is 15.9 Å². The highest BCUT2D eigenvalue weighted by Crippen LogP contribution is 2.21. The number of halogens is 1. The van der Waals surface area contributed by atoms with E-state index in [0.29, 0.717) is 38.8 Å².